The van der Waals surface area contributed by atoms with Crippen molar-refractivity contribution in [3.63, 3.8) is 0 Å². The summed E-state index contributed by atoms with van der Waals surface area (Å²) in [5, 5.41) is 0. The van der Waals surface area contributed by atoms with Crippen LogP contribution in [0.25, 0.3) is 0 Å². The molecule has 2 fully saturated rings. The fourth-order valence-corrected chi connectivity index (χ4v) is 3.88. The van der Waals surface area contributed by atoms with Gasteiger partial charge < -0.3 is 10.6 Å². The lowest BCUT2D eigenvalue weighted by molar-refractivity contribution is 0.0962. The van der Waals surface area contributed by atoms with Gasteiger partial charge in [-0.2, -0.15) is 0 Å². The summed E-state index contributed by atoms with van der Waals surface area (Å²) in [7, 11) is 0. The molecule has 0 aromatic heterocycles. The number of rotatable bonds is 4. The summed E-state index contributed by atoms with van der Waals surface area (Å²) >= 11 is 0. The summed E-state index contributed by atoms with van der Waals surface area (Å²) in [6, 6.07) is 10.9. The molecule has 0 spiro atoms. The van der Waals surface area contributed by atoms with E-state index in [1.807, 2.05) is 0 Å². The van der Waals surface area contributed by atoms with E-state index in [-0.39, 0.29) is 12.4 Å². The maximum atomic E-state index is 6.01. The van der Waals surface area contributed by atoms with E-state index in [0.29, 0.717) is 17.3 Å². The molecule has 0 amide bonds. The molecule has 1 saturated carbocycles. The Bertz CT molecular complexity index is 416. The third-order valence-electron chi connectivity index (χ3n) is 5.21. The highest BCUT2D eigenvalue weighted by molar-refractivity contribution is 5.85. The Hall–Kier alpha value is -0.570. The molecular weight excluding hydrogens is 268 g/mol. The minimum atomic E-state index is 0. The lowest BCUT2D eigenvalue weighted by atomic mass is 9.70. The van der Waals surface area contributed by atoms with Crippen LogP contribution in [-0.4, -0.2) is 31.1 Å². The molecule has 1 aromatic carbocycles. The zero-order valence-electron chi connectivity index (χ0n) is 12.4. The number of nitrogens with two attached hydrogens (primary N) is 1. The average Bonchev–Trinajstić information content (AvgIpc) is 2.81. The van der Waals surface area contributed by atoms with E-state index >= 15 is 0 Å². The van der Waals surface area contributed by atoms with Crippen molar-refractivity contribution in [3.05, 3.63) is 35.9 Å². The lowest BCUT2D eigenvalue weighted by Gasteiger charge is -2.41. The fraction of sp³-hybridized carbons (Fsp3) is 0.647. The number of hydrogen-bond donors (Lipinski definition) is 1. The first-order valence-electron chi connectivity index (χ1n) is 7.68. The topological polar surface area (TPSA) is 29.3 Å². The van der Waals surface area contributed by atoms with Crippen LogP contribution in [0.15, 0.2) is 30.3 Å². The van der Waals surface area contributed by atoms with Gasteiger partial charge in [-0.25, -0.2) is 0 Å². The molecule has 112 valence electrons. The molecule has 2 atom stereocenters. The van der Waals surface area contributed by atoms with Gasteiger partial charge in [0.05, 0.1) is 0 Å². The Morgan fingerprint density at radius 1 is 1.20 bits per heavy atom. The minimum Gasteiger partial charge on any atom is -0.330 e. The smallest absolute Gasteiger partial charge is 0.00543 e. The summed E-state index contributed by atoms with van der Waals surface area (Å²) in [5.41, 5.74) is 8.07. The Kier molecular flexibility index (Phi) is 5.11. The summed E-state index contributed by atoms with van der Waals surface area (Å²) in [5.74, 6) is 1.26. The van der Waals surface area contributed by atoms with Crippen molar-refractivity contribution in [2.45, 2.75) is 32.1 Å². The minimum absolute atomic E-state index is 0. The maximum Gasteiger partial charge on any atom is 0.00543 e. The molecule has 1 aliphatic heterocycles. The van der Waals surface area contributed by atoms with E-state index in [4.69, 9.17) is 5.73 Å². The van der Waals surface area contributed by atoms with Crippen LogP contribution < -0.4 is 5.73 Å². The van der Waals surface area contributed by atoms with E-state index in [1.54, 1.807) is 0 Å². The van der Waals surface area contributed by atoms with Gasteiger partial charge in [0.1, 0.15) is 0 Å². The monoisotopic (exact) mass is 294 g/mol. The molecule has 20 heavy (non-hydrogen) atoms. The van der Waals surface area contributed by atoms with E-state index in [0.717, 1.165) is 6.54 Å². The quantitative estimate of drug-likeness (QED) is 0.923. The molecule has 1 aromatic rings. The Morgan fingerprint density at radius 2 is 1.90 bits per heavy atom. The summed E-state index contributed by atoms with van der Waals surface area (Å²) in [6.07, 6.45) is 4.24. The number of hydrogen-bond acceptors (Lipinski definition) is 2. The van der Waals surface area contributed by atoms with Crippen molar-refractivity contribution >= 4 is 12.4 Å². The van der Waals surface area contributed by atoms with Crippen LogP contribution in [0.3, 0.4) is 0 Å². The molecule has 2 N–H and O–H groups in total. The second-order valence-corrected chi connectivity index (χ2v) is 6.87. The van der Waals surface area contributed by atoms with Crippen molar-refractivity contribution in [2.75, 3.05) is 26.2 Å². The average molecular weight is 295 g/mol. The van der Waals surface area contributed by atoms with Gasteiger partial charge in [-0.05, 0) is 36.3 Å². The highest BCUT2D eigenvalue weighted by Gasteiger charge is 2.39. The molecular formula is C17H27ClN2. The van der Waals surface area contributed by atoms with Gasteiger partial charge in [0.15, 0.2) is 0 Å². The van der Waals surface area contributed by atoms with E-state index in [2.05, 4.69) is 42.2 Å². The standard InChI is InChI=1S/C17H26N2.ClH/c1-17(8-5-9-17)13-19-11-15(10-18)16(12-19)14-6-3-2-4-7-14;/h2-4,6-7,15-16H,5,8-13,18H2,1H3;1H/t15-,16+;/m1./s1. The zero-order chi connectivity index (χ0) is 13.3. The largest absolute Gasteiger partial charge is 0.330 e. The Labute approximate surface area is 129 Å². The molecule has 0 bridgehead atoms. The first kappa shape index (κ1) is 15.8. The predicted molar refractivity (Wildman–Crippen MR) is 87.4 cm³/mol. The fourth-order valence-electron chi connectivity index (χ4n) is 3.88. The van der Waals surface area contributed by atoms with Gasteiger partial charge in [0.2, 0.25) is 0 Å². The normalized spacial score (nSPS) is 28.7. The van der Waals surface area contributed by atoms with E-state index in [9.17, 15) is 0 Å². The third kappa shape index (κ3) is 3.19. The van der Waals surface area contributed by atoms with Crippen molar-refractivity contribution in [3.8, 4) is 0 Å². The van der Waals surface area contributed by atoms with Gasteiger partial charge in [0.25, 0.3) is 0 Å². The van der Waals surface area contributed by atoms with Crippen LogP contribution in [0.2, 0.25) is 0 Å². The first-order valence-corrected chi connectivity index (χ1v) is 7.68. The molecule has 3 heteroatoms. The summed E-state index contributed by atoms with van der Waals surface area (Å²) in [6.45, 7) is 6.91. The van der Waals surface area contributed by atoms with Crippen LogP contribution in [0.5, 0.6) is 0 Å². The van der Waals surface area contributed by atoms with Gasteiger partial charge >= 0.3 is 0 Å². The van der Waals surface area contributed by atoms with Crippen LogP contribution in [0, 0.1) is 11.3 Å². The van der Waals surface area contributed by atoms with Crippen molar-refractivity contribution < 1.29 is 0 Å². The molecule has 2 nitrogen and oxygen atoms in total. The number of likely N-dealkylation sites (tertiary alicyclic amines) is 1. The summed E-state index contributed by atoms with van der Waals surface area (Å²) in [4.78, 5) is 2.66. The third-order valence-corrected chi connectivity index (χ3v) is 5.21. The molecule has 1 saturated heterocycles. The van der Waals surface area contributed by atoms with Crippen LogP contribution >= 0.6 is 12.4 Å². The van der Waals surface area contributed by atoms with Gasteiger partial charge in [0, 0.05) is 25.6 Å². The van der Waals surface area contributed by atoms with Crippen LogP contribution in [0.4, 0.5) is 0 Å². The zero-order valence-corrected chi connectivity index (χ0v) is 13.2. The SMILES string of the molecule is CC1(CN2C[C@@H](CN)[C@H](c3ccccc3)C2)CCC1.Cl. The highest BCUT2D eigenvalue weighted by atomic mass is 35.5. The Balaban J connectivity index is 0.00000147. The molecule has 1 aliphatic carbocycles. The number of halogens is 1. The molecule has 0 unspecified atom stereocenters. The summed E-state index contributed by atoms with van der Waals surface area (Å²) < 4.78 is 0. The number of benzene rings is 1. The van der Waals surface area contributed by atoms with Crippen molar-refractivity contribution in [2.24, 2.45) is 17.1 Å². The van der Waals surface area contributed by atoms with Gasteiger partial charge in [-0.1, -0.05) is 43.7 Å². The molecule has 0 radical (unpaired) electrons. The van der Waals surface area contributed by atoms with E-state index in [1.165, 1.54) is 44.5 Å². The predicted octanol–water partition coefficient (Wildman–Crippen LogP) is 3.27. The highest BCUT2D eigenvalue weighted by Crippen LogP contribution is 2.43. The second kappa shape index (κ2) is 6.46. The molecule has 1 heterocycles. The van der Waals surface area contributed by atoms with Crippen LogP contribution in [0.1, 0.15) is 37.7 Å². The van der Waals surface area contributed by atoms with Crippen molar-refractivity contribution in [1.82, 2.24) is 4.90 Å². The second-order valence-electron chi connectivity index (χ2n) is 6.87. The lowest BCUT2D eigenvalue weighted by Crippen LogP contribution is -2.39. The van der Waals surface area contributed by atoms with Crippen molar-refractivity contribution in [1.29, 1.82) is 0 Å². The molecule has 3 rings (SSSR count). The molecule has 2 aliphatic rings. The van der Waals surface area contributed by atoms with Crippen LogP contribution in [-0.2, 0) is 0 Å². The first-order chi connectivity index (χ1) is 9.20. The maximum absolute atomic E-state index is 6.01. The van der Waals surface area contributed by atoms with Gasteiger partial charge in [-0.3, -0.25) is 0 Å². The number of nitrogens with zero attached hydrogens (tertiary/aromatic N) is 1. The Morgan fingerprint density at radius 3 is 2.45 bits per heavy atom. The van der Waals surface area contributed by atoms with Gasteiger partial charge in [-0.15, -0.1) is 12.4 Å². The van der Waals surface area contributed by atoms with E-state index < -0.39 is 0 Å².